The van der Waals surface area contributed by atoms with E-state index in [1.165, 1.54) is 6.42 Å². The van der Waals surface area contributed by atoms with Crippen molar-refractivity contribution in [3.8, 4) is 0 Å². The van der Waals surface area contributed by atoms with Crippen LogP contribution in [0.5, 0.6) is 0 Å². The van der Waals surface area contributed by atoms with Crippen LogP contribution in [0.15, 0.2) is 0 Å². The highest BCUT2D eigenvalue weighted by molar-refractivity contribution is 5.67. The summed E-state index contributed by atoms with van der Waals surface area (Å²) in [6.07, 6.45) is 1.50. The normalized spacial score (nSPS) is 34.5. The molecule has 1 saturated heterocycles. The molecule has 0 radical (unpaired) electrons. The van der Waals surface area contributed by atoms with E-state index in [2.05, 4.69) is 5.32 Å². The highest BCUT2D eigenvalue weighted by Gasteiger charge is 2.49. The topological polar surface area (TPSA) is 52.6 Å². The van der Waals surface area contributed by atoms with E-state index in [4.69, 9.17) is 0 Å². The van der Waals surface area contributed by atoms with Gasteiger partial charge in [0.05, 0.1) is 6.04 Å². The van der Waals surface area contributed by atoms with Gasteiger partial charge in [-0.1, -0.05) is 0 Å². The van der Waals surface area contributed by atoms with Crippen LogP contribution in [0.4, 0.5) is 4.79 Å². The van der Waals surface area contributed by atoms with Crippen LogP contribution in [-0.4, -0.2) is 40.3 Å². The molecular weight excluding hydrogens is 192 g/mol. The van der Waals surface area contributed by atoms with Crippen molar-refractivity contribution in [1.82, 2.24) is 10.2 Å². The number of amides is 1. The molecule has 1 aliphatic carbocycles. The first kappa shape index (κ1) is 10.7. The minimum absolute atomic E-state index is 0.183. The van der Waals surface area contributed by atoms with Gasteiger partial charge in [-0.25, -0.2) is 4.79 Å². The lowest BCUT2D eigenvalue weighted by molar-refractivity contribution is 0.0621. The number of fused-ring (bicyclic) bond motifs is 2. The van der Waals surface area contributed by atoms with Gasteiger partial charge < -0.3 is 10.4 Å². The molecular formula is C11H20N2O2. The number of carboxylic acid groups (broad SMARTS) is 1. The van der Waals surface area contributed by atoms with Gasteiger partial charge in [0.2, 0.25) is 0 Å². The molecule has 0 aromatic rings. The zero-order chi connectivity index (χ0) is 11.2. The van der Waals surface area contributed by atoms with Crippen LogP contribution in [0.1, 0.15) is 33.6 Å². The van der Waals surface area contributed by atoms with Crippen LogP contribution in [0.2, 0.25) is 0 Å². The minimum Gasteiger partial charge on any atom is -0.465 e. The number of hydrogen-bond donors (Lipinski definition) is 2. The molecule has 15 heavy (non-hydrogen) atoms. The quantitative estimate of drug-likeness (QED) is 0.693. The zero-order valence-electron chi connectivity index (χ0n) is 9.66. The van der Waals surface area contributed by atoms with Gasteiger partial charge in [0.15, 0.2) is 0 Å². The van der Waals surface area contributed by atoms with Gasteiger partial charge in [-0.3, -0.25) is 4.90 Å². The summed E-state index contributed by atoms with van der Waals surface area (Å²) in [5, 5.41) is 12.7. The number of carbonyl (C=O) groups is 1. The number of rotatable bonds is 1. The fourth-order valence-electron chi connectivity index (χ4n) is 3.06. The Balaban J connectivity index is 2.23. The second kappa shape index (κ2) is 3.37. The van der Waals surface area contributed by atoms with Gasteiger partial charge in [0, 0.05) is 18.1 Å². The van der Waals surface area contributed by atoms with E-state index in [0.29, 0.717) is 12.0 Å². The predicted octanol–water partition coefficient (Wildman–Crippen LogP) is 1.52. The summed E-state index contributed by atoms with van der Waals surface area (Å²) in [6, 6.07) is 0.563. The van der Waals surface area contributed by atoms with Crippen molar-refractivity contribution in [3.63, 3.8) is 0 Å². The second-order valence-electron chi connectivity index (χ2n) is 5.67. The summed E-state index contributed by atoms with van der Waals surface area (Å²) < 4.78 is 0. The van der Waals surface area contributed by atoms with Gasteiger partial charge in [-0.15, -0.1) is 0 Å². The maximum atomic E-state index is 11.4. The Morgan fingerprint density at radius 3 is 2.33 bits per heavy atom. The Labute approximate surface area is 90.6 Å². The molecule has 0 aromatic carbocycles. The van der Waals surface area contributed by atoms with E-state index in [-0.39, 0.29) is 11.6 Å². The molecule has 0 aromatic heterocycles. The van der Waals surface area contributed by atoms with Crippen LogP contribution in [0.3, 0.4) is 0 Å². The van der Waals surface area contributed by atoms with Crippen LogP contribution < -0.4 is 5.32 Å². The molecule has 1 amide bonds. The van der Waals surface area contributed by atoms with Crippen LogP contribution in [0.25, 0.3) is 0 Å². The largest absolute Gasteiger partial charge is 0.465 e. The smallest absolute Gasteiger partial charge is 0.408 e. The van der Waals surface area contributed by atoms with Crippen molar-refractivity contribution < 1.29 is 9.90 Å². The number of nitrogens with zero attached hydrogens (tertiary/aromatic N) is 1. The molecule has 4 nitrogen and oxygen atoms in total. The van der Waals surface area contributed by atoms with E-state index in [1.807, 2.05) is 20.8 Å². The fraction of sp³-hybridized carbons (Fsp3) is 0.909. The first-order valence-corrected chi connectivity index (χ1v) is 5.67. The molecule has 1 heterocycles. The number of piperidine rings is 1. The maximum absolute atomic E-state index is 11.4. The Bertz CT molecular complexity index is 252. The molecule has 1 aliphatic heterocycles. The van der Waals surface area contributed by atoms with Crippen LogP contribution in [-0.2, 0) is 0 Å². The fourth-order valence-corrected chi connectivity index (χ4v) is 3.06. The molecule has 1 saturated carbocycles. The number of nitrogens with one attached hydrogen (secondary N) is 1. The summed E-state index contributed by atoms with van der Waals surface area (Å²) in [5.41, 5.74) is -0.302. The molecule has 2 aliphatic rings. The van der Waals surface area contributed by atoms with E-state index >= 15 is 0 Å². The van der Waals surface area contributed by atoms with Crippen molar-refractivity contribution in [1.29, 1.82) is 0 Å². The molecule has 0 spiro atoms. The summed E-state index contributed by atoms with van der Waals surface area (Å²) in [6.45, 7) is 6.89. The van der Waals surface area contributed by atoms with Crippen molar-refractivity contribution in [2.75, 3.05) is 6.54 Å². The molecule has 3 unspecified atom stereocenters. The van der Waals surface area contributed by atoms with Crippen LogP contribution in [0, 0.1) is 5.92 Å². The SMILES string of the molecule is CC(C)(C)N(C(=O)O)C1C2CCC1NC2. The van der Waals surface area contributed by atoms with Gasteiger partial charge >= 0.3 is 6.09 Å². The molecule has 2 rings (SSSR count). The summed E-state index contributed by atoms with van der Waals surface area (Å²) >= 11 is 0. The lowest BCUT2D eigenvalue weighted by Crippen LogP contribution is -2.54. The lowest BCUT2D eigenvalue weighted by atomic mass is 9.98. The number of hydrogen-bond acceptors (Lipinski definition) is 2. The molecule has 2 bridgehead atoms. The molecule has 86 valence electrons. The predicted molar refractivity (Wildman–Crippen MR) is 57.9 cm³/mol. The van der Waals surface area contributed by atoms with Crippen LogP contribution >= 0.6 is 0 Å². The first-order valence-electron chi connectivity index (χ1n) is 5.67. The molecule has 4 heteroatoms. The van der Waals surface area contributed by atoms with Crippen molar-refractivity contribution in [2.45, 2.75) is 51.2 Å². The van der Waals surface area contributed by atoms with Gasteiger partial charge in [-0.2, -0.15) is 0 Å². The Hall–Kier alpha value is -0.770. The third-order valence-corrected chi connectivity index (χ3v) is 3.61. The monoisotopic (exact) mass is 212 g/mol. The minimum atomic E-state index is -0.784. The van der Waals surface area contributed by atoms with Crippen molar-refractivity contribution in [2.24, 2.45) is 5.92 Å². The standard InChI is InChI=1S/C11H20N2O2/c1-11(2,3)13(10(14)15)9-7-4-5-8(9)12-6-7/h7-9,12H,4-6H2,1-3H3,(H,14,15). The lowest BCUT2D eigenvalue weighted by Gasteiger charge is -2.39. The van der Waals surface area contributed by atoms with E-state index in [1.54, 1.807) is 4.90 Å². The van der Waals surface area contributed by atoms with Gasteiger partial charge in [0.25, 0.3) is 0 Å². The summed E-state index contributed by atoms with van der Waals surface area (Å²) in [4.78, 5) is 13.0. The Morgan fingerprint density at radius 1 is 1.40 bits per heavy atom. The molecule has 2 fully saturated rings. The van der Waals surface area contributed by atoms with Gasteiger partial charge in [0.1, 0.15) is 0 Å². The summed E-state index contributed by atoms with van der Waals surface area (Å²) in [5.74, 6) is 0.519. The van der Waals surface area contributed by atoms with Gasteiger partial charge in [-0.05, 0) is 39.5 Å². The van der Waals surface area contributed by atoms with Crippen molar-refractivity contribution >= 4 is 6.09 Å². The zero-order valence-corrected chi connectivity index (χ0v) is 9.66. The second-order valence-corrected chi connectivity index (χ2v) is 5.67. The summed E-state index contributed by atoms with van der Waals surface area (Å²) in [7, 11) is 0. The Morgan fingerprint density at radius 2 is 2.07 bits per heavy atom. The van der Waals surface area contributed by atoms with E-state index in [0.717, 1.165) is 13.0 Å². The first-order chi connectivity index (χ1) is 6.91. The third kappa shape index (κ3) is 1.71. The average molecular weight is 212 g/mol. The highest BCUT2D eigenvalue weighted by Crippen LogP contribution is 2.37. The molecule has 2 N–H and O–H groups in total. The highest BCUT2D eigenvalue weighted by atomic mass is 16.4. The van der Waals surface area contributed by atoms with Crippen molar-refractivity contribution in [3.05, 3.63) is 0 Å². The third-order valence-electron chi connectivity index (χ3n) is 3.61. The molecule has 3 atom stereocenters. The van der Waals surface area contributed by atoms with E-state index < -0.39 is 6.09 Å². The Kier molecular flexibility index (Phi) is 2.41. The average Bonchev–Trinajstić information content (AvgIpc) is 2.62. The van der Waals surface area contributed by atoms with E-state index in [9.17, 15) is 9.90 Å². The maximum Gasteiger partial charge on any atom is 0.408 e.